The summed E-state index contributed by atoms with van der Waals surface area (Å²) in [4.78, 5) is 78.6. The van der Waals surface area contributed by atoms with Crippen LogP contribution >= 0.6 is 0 Å². The second-order valence-corrected chi connectivity index (χ2v) is 15.9. The number of carbonyl (C=O) groups is 5. The summed E-state index contributed by atoms with van der Waals surface area (Å²) in [6.07, 6.45) is 14.1. The summed E-state index contributed by atoms with van der Waals surface area (Å²) in [6, 6.07) is -3.69. The van der Waals surface area contributed by atoms with Gasteiger partial charge in [-0.1, -0.05) is 71.1 Å². The maximum absolute atomic E-state index is 14.2. The van der Waals surface area contributed by atoms with Gasteiger partial charge in [0.2, 0.25) is 29.5 Å². The molecule has 17 heteroatoms. The Morgan fingerprint density at radius 3 is 1.48 bits per heavy atom. The Hall–Kier alpha value is -4.15. The van der Waals surface area contributed by atoms with E-state index in [0.29, 0.717) is 38.6 Å². The summed E-state index contributed by atoms with van der Waals surface area (Å²) in [7, 11) is 3.91. The molecule has 4 atom stereocenters. The number of nitrogens with zero attached hydrogens (tertiary/aromatic N) is 3. The predicted octanol–water partition coefficient (Wildman–Crippen LogP) is 0.842. The van der Waals surface area contributed by atoms with Crippen molar-refractivity contribution in [2.75, 3.05) is 40.3 Å². The van der Waals surface area contributed by atoms with E-state index in [2.05, 4.69) is 36.6 Å². The maximum Gasteiger partial charge on any atom is 0.243 e. The SMILES string of the molecule is CCCC(=O)NC(CC1CCCCC1)C(=O)NC(CCCN=C(N)N)C(=O)NC(CC1CCCCC1)C(=O)NC(CCCN=C(N)N)C(=O)NCCCN(C)C. The lowest BCUT2D eigenvalue weighted by Crippen LogP contribution is -2.58. The van der Waals surface area contributed by atoms with Gasteiger partial charge in [-0.25, -0.2) is 0 Å². The minimum absolute atomic E-state index is 0.0578. The Balaban J connectivity index is 2.33. The van der Waals surface area contributed by atoms with Crippen LogP contribution in [0.2, 0.25) is 0 Å². The van der Waals surface area contributed by atoms with Crippen molar-refractivity contribution in [1.29, 1.82) is 0 Å². The number of aliphatic imine (C=N–C) groups is 2. The van der Waals surface area contributed by atoms with Crippen LogP contribution in [0.5, 0.6) is 0 Å². The molecule has 0 bridgehead atoms. The van der Waals surface area contributed by atoms with E-state index in [0.717, 1.165) is 77.2 Å². The number of nitrogens with one attached hydrogen (secondary N) is 5. The van der Waals surface area contributed by atoms with Crippen LogP contribution in [0.4, 0.5) is 0 Å². The molecule has 2 fully saturated rings. The van der Waals surface area contributed by atoms with Crippen LogP contribution in [0, 0.1) is 11.8 Å². The summed E-state index contributed by atoms with van der Waals surface area (Å²) >= 11 is 0. The Bertz CT molecular complexity index is 1260. The highest BCUT2D eigenvalue weighted by Gasteiger charge is 2.33. The predicted molar refractivity (Wildman–Crippen MR) is 221 cm³/mol. The average molecular weight is 791 g/mol. The second-order valence-electron chi connectivity index (χ2n) is 15.9. The summed E-state index contributed by atoms with van der Waals surface area (Å²) in [5, 5.41) is 14.7. The van der Waals surface area contributed by atoms with Crippen molar-refractivity contribution in [3.8, 4) is 0 Å². The molecule has 0 radical (unpaired) electrons. The molecular weight excluding hydrogens is 717 g/mol. The van der Waals surface area contributed by atoms with Crippen molar-refractivity contribution in [1.82, 2.24) is 31.5 Å². The van der Waals surface area contributed by atoms with Gasteiger partial charge < -0.3 is 54.4 Å². The van der Waals surface area contributed by atoms with Gasteiger partial charge in [0.15, 0.2) is 11.9 Å². The minimum Gasteiger partial charge on any atom is -0.370 e. The van der Waals surface area contributed by atoms with E-state index >= 15 is 0 Å². The lowest BCUT2D eigenvalue weighted by Gasteiger charge is -2.30. The lowest BCUT2D eigenvalue weighted by atomic mass is 9.84. The number of hydrogen-bond donors (Lipinski definition) is 9. The molecule has 4 unspecified atom stereocenters. The molecule has 13 N–H and O–H groups in total. The molecule has 0 aromatic carbocycles. The van der Waals surface area contributed by atoms with Gasteiger partial charge in [0.25, 0.3) is 0 Å². The van der Waals surface area contributed by atoms with Crippen LogP contribution < -0.4 is 49.5 Å². The number of hydrogen-bond acceptors (Lipinski definition) is 8. The van der Waals surface area contributed by atoms with E-state index in [9.17, 15) is 24.0 Å². The van der Waals surface area contributed by atoms with E-state index in [4.69, 9.17) is 22.9 Å². The van der Waals surface area contributed by atoms with Gasteiger partial charge in [-0.3, -0.25) is 34.0 Å². The van der Waals surface area contributed by atoms with Crippen molar-refractivity contribution in [3.05, 3.63) is 0 Å². The number of amides is 5. The van der Waals surface area contributed by atoms with Gasteiger partial charge in [-0.15, -0.1) is 0 Å². The van der Waals surface area contributed by atoms with Gasteiger partial charge in [0, 0.05) is 26.1 Å². The first-order chi connectivity index (χ1) is 26.8. The van der Waals surface area contributed by atoms with E-state index in [1.54, 1.807) is 0 Å². The third-order valence-corrected chi connectivity index (χ3v) is 10.6. The fraction of sp³-hybridized carbons (Fsp3) is 0.821. The molecule has 2 rings (SSSR count). The second kappa shape index (κ2) is 27.4. The van der Waals surface area contributed by atoms with Gasteiger partial charge in [-0.2, -0.15) is 0 Å². The monoisotopic (exact) mass is 791 g/mol. The molecule has 0 saturated heterocycles. The molecule has 0 spiro atoms. The molecule has 17 nitrogen and oxygen atoms in total. The van der Waals surface area contributed by atoms with Crippen molar-refractivity contribution >= 4 is 41.5 Å². The Morgan fingerprint density at radius 1 is 0.607 bits per heavy atom. The molecule has 0 aliphatic heterocycles. The Morgan fingerprint density at radius 2 is 1.04 bits per heavy atom. The molecule has 2 aliphatic rings. The summed E-state index contributed by atoms with van der Waals surface area (Å²) in [5.74, 6) is -1.65. The van der Waals surface area contributed by atoms with Gasteiger partial charge in [0.1, 0.15) is 24.2 Å². The molecule has 320 valence electrons. The number of guanidine groups is 2. The first-order valence-electron chi connectivity index (χ1n) is 21.0. The molecule has 56 heavy (non-hydrogen) atoms. The third-order valence-electron chi connectivity index (χ3n) is 10.6. The van der Waals surface area contributed by atoms with Crippen molar-refractivity contribution < 1.29 is 24.0 Å². The first-order valence-corrected chi connectivity index (χ1v) is 21.0. The zero-order valence-electron chi connectivity index (χ0n) is 34.4. The molecular formula is C39H74N12O5. The largest absolute Gasteiger partial charge is 0.370 e. The summed E-state index contributed by atoms with van der Waals surface area (Å²) in [6.45, 7) is 3.64. The van der Waals surface area contributed by atoms with Crippen LogP contribution in [0.15, 0.2) is 9.98 Å². The number of carbonyl (C=O) groups excluding carboxylic acids is 5. The Kier molecular flexibility index (Phi) is 23.5. The van der Waals surface area contributed by atoms with Gasteiger partial charge in [0.05, 0.1) is 0 Å². The lowest BCUT2D eigenvalue weighted by molar-refractivity contribution is -0.135. The highest BCUT2D eigenvalue weighted by molar-refractivity contribution is 5.95. The van der Waals surface area contributed by atoms with E-state index in [1.807, 2.05) is 25.9 Å². The summed E-state index contributed by atoms with van der Waals surface area (Å²) in [5.41, 5.74) is 22.1. The zero-order valence-corrected chi connectivity index (χ0v) is 34.4. The quantitative estimate of drug-likeness (QED) is 0.0338. The van der Waals surface area contributed by atoms with Crippen LogP contribution in [0.3, 0.4) is 0 Å². The van der Waals surface area contributed by atoms with Gasteiger partial charge >= 0.3 is 0 Å². The molecule has 2 aliphatic carbocycles. The maximum atomic E-state index is 14.2. The third kappa shape index (κ3) is 20.7. The molecule has 0 heterocycles. The Labute approximate surface area is 334 Å². The normalized spacial score (nSPS) is 17.1. The van der Waals surface area contributed by atoms with Crippen LogP contribution in [-0.2, 0) is 24.0 Å². The summed E-state index contributed by atoms with van der Waals surface area (Å²) < 4.78 is 0. The van der Waals surface area contributed by atoms with E-state index in [1.165, 1.54) is 0 Å². The average Bonchev–Trinajstić information content (AvgIpc) is 3.15. The van der Waals surface area contributed by atoms with Gasteiger partial charge in [-0.05, 0) is 83.8 Å². The van der Waals surface area contributed by atoms with Crippen LogP contribution in [-0.4, -0.2) is 111 Å². The molecule has 0 aromatic heterocycles. The van der Waals surface area contributed by atoms with E-state index < -0.39 is 41.9 Å². The van der Waals surface area contributed by atoms with Crippen molar-refractivity contribution in [2.24, 2.45) is 44.8 Å². The highest BCUT2D eigenvalue weighted by Crippen LogP contribution is 2.29. The molecule has 5 amide bonds. The standard InChI is InChI=1S/C39H74N12O5/c1-4-14-33(52)47-31(25-27-15-7-5-8-16-27)36(55)49-30(20-12-22-46-39(42)43)35(54)50-32(26-28-17-9-6-10-18-28)37(56)48-29(19-11-21-45-38(40)41)34(53)44-23-13-24-51(2)3/h27-32H,4-26H2,1-3H3,(H,44,53)(H,47,52)(H,48,56)(H,49,55)(H,50,54)(H4,40,41,45)(H4,42,43,46). The highest BCUT2D eigenvalue weighted by atomic mass is 16.2. The molecule has 0 aromatic rings. The zero-order chi connectivity index (χ0) is 41.3. The smallest absolute Gasteiger partial charge is 0.243 e. The fourth-order valence-electron chi connectivity index (χ4n) is 7.56. The number of rotatable bonds is 26. The minimum atomic E-state index is -1.04. The van der Waals surface area contributed by atoms with Crippen LogP contribution in [0.25, 0.3) is 0 Å². The van der Waals surface area contributed by atoms with Crippen molar-refractivity contribution in [3.63, 3.8) is 0 Å². The number of nitrogens with two attached hydrogens (primary N) is 4. The first kappa shape index (κ1) is 48.0. The van der Waals surface area contributed by atoms with Crippen molar-refractivity contribution in [2.45, 2.75) is 153 Å². The fourth-order valence-corrected chi connectivity index (χ4v) is 7.56. The van der Waals surface area contributed by atoms with Crippen LogP contribution in [0.1, 0.15) is 129 Å². The topological polar surface area (TPSA) is 278 Å². The molecule has 2 saturated carbocycles. The van der Waals surface area contributed by atoms with E-state index in [-0.39, 0.29) is 67.9 Å².